The summed E-state index contributed by atoms with van der Waals surface area (Å²) in [7, 11) is 1.68. The van der Waals surface area contributed by atoms with Crippen LogP contribution in [0.3, 0.4) is 0 Å². The Morgan fingerprint density at radius 2 is 1.92 bits per heavy atom. The number of β-amino-alcohol motifs (C(OH)–C–C–N with tert-alkyl or cyclic N) is 1. The van der Waals surface area contributed by atoms with Gasteiger partial charge in [0.05, 0.1) is 16.1 Å². The Morgan fingerprint density at radius 1 is 1.20 bits per heavy atom. The number of hydrogen-bond donors (Lipinski definition) is 2. The fraction of sp³-hybridized carbons (Fsp3) is 0.632. The van der Waals surface area contributed by atoms with Crippen molar-refractivity contribution in [2.75, 3.05) is 20.1 Å². The fourth-order valence-corrected chi connectivity index (χ4v) is 4.94. The van der Waals surface area contributed by atoms with Crippen LogP contribution in [0.1, 0.15) is 44.1 Å². The summed E-state index contributed by atoms with van der Waals surface area (Å²) in [6.07, 6.45) is 5.76. The SMILES string of the molecule is CNC(=O)C(c1ccc(Cl)c(Cl)c1)(C1CCCCC1)N1CCC(O)C1. The molecule has 25 heavy (non-hydrogen) atoms. The quantitative estimate of drug-likeness (QED) is 0.833. The standard InChI is InChI=1S/C19H26Cl2N2O2/c1-22-18(25)19(13-5-3-2-4-6-13,23-10-9-15(24)12-23)14-7-8-16(20)17(21)11-14/h7-8,11,13,15,24H,2-6,9-10,12H2,1H3,(H,22,25). The van der Waals surface area contributed by atoms with Gasteiger partial charge in [0.2, 0.25) is 5.91 Å². The number of carbonyl (C=O) groups is 1. The predicted octanol–water partition coefficient (Wildman–Crippen LogP) is 3.58. The normalized spacial score (nSPS) is 24.9. The van der Waals surface area contributed by atoms with Crippen LogP contribution in [0.2, 0.25) is 10.0 Å². The summed E-state index contributed by atoms with van der Waals surface area (Å²) in [4.78, 5) is 15.5. The maximum Gasteiger partial charge on any atom is 0.245 e. The minimum atomic E-state index is -0.805. The van der Waals surface area contributed by atoms with E-state index < -0.39 is 11.6 Å². The average molecular weight is 385 g/mol. The van der Waals surface area contributed by atoms with Crippen molar-refractivity contribution in [3.05, 3.63) is 33.8 Å². The summed E-state index contributed by atoms with van der Waals surface area (Å²) < 4.78 is 0. The smallest absolute Gasteiger partial charge is 0.245 e. The first-order chi connectivity index (χ1) is 12.0. The largest absolute Gasteiger partial charge is 0.392 e. The van der Waals surface area contributed by atoms with Gasteiger partial charge in [-0.1, -0.05) is 48.5 Å². The van der Waals surface area contributed by atoms with Gasteiger partial charge in [0, 0.05) is 20.1 Å². The Kier molecular flexibility index (Phi) is 5.94. The molecule has 1 saturated heterocycles. The third-order valence-electron chi connectivity index (χ3n) is 5.79. The zero-order valence-corrected chi connectivity index (χ0v) is 16.1. The Labute approximate surface area is 159 Å². The van der Waals surface area contributed by atoms with Crippen LogP contribution >= 0.6 is 23.2 Å². The van der Waals surface area contributed by atoms with E-state index in [0.717, 1.165) is 31.2 Å². The van der Waals surface area contributed by atoms with Crippen molar-refractivity contribution in [3.8, 4) is 0 Å². The molecule has 138 valence electrons. The number of nitrogens with one attached hydrogen (secondary N) is 1. The molecule has 0 spiro atoms. The van der Waals surface area contributed by atoms with E-state index >= 15 is 0 Å². The molecule has 1 saturated carbocycles. The second-order valence-electron chi connectivity index (χ2n) is 7.20. The van der Waals surface area contributed by atoms with Crippen molar-refractivity contribution in [1.82, 2.24) is 10.2 Å². The Hall–Kier alpha value is -0.810. The lowest BCUT2D eigenvalue weighted by molar-refractivity contribution is -0.139. The molecule has 2 atom stereocenters. The second-order valence-corrected chi connectivity index (χ2v) is 8.01. The van der Waals surface area contributed by atoms with E-state index in [9.17, 15) is 9.90 Å². The molecule has 0 bridgehead atoms. The number of aliphatic hydroxyl groups is 1. The third-order valence-corrected chi connectivity index (χ3v) is 6.53. The molecular weight excluding hydrogens is 359 g/mol. The van der Waals surface area contributed by atoms with E-state index in [1.807, 2.05) is 12.1 Å². The maximum absolute atomic E-state index is 13.3. The van der Waals surface area contributed by atoms with Crippen LogP contribution in [0.15, 0.2) is 18.2 Å². The van der Waals surface area contributed by atoms with Gasteiger partial charge in [-0.05, 0) is 42.9 Å². The van der Waals surface area contributed by atoms with E-state index in [1.54, 1.807) is 13.1 Å². The van der Waals surface area contributed by atoms with Gasteiger partial charge in [-0.3, -0.25) is 9.69 Å². The van der Waals surface area contributed by atoms with Crippen molar-refractivity contribution < 1.29 is 9.90 Å². The molecule has 2 N–H and O–H groups in total. The van der Waals surface area contributed by atoms with Gasteiger partial charge >= 0.3 is 0 Å². The first-order valence-electron chi connectivity index (χ1n) is 9.11. The summed E-state index contributed by atoms with van der Waals surface area (Å²) in [5.41, 5.74) is 0.0724. The lowest BCUT2D eigenvalue weighted by Crippen LogP contribution is -2.60. The van der Waals surface area contributed by atoms with Gasteiger partial charge in [0.25, 0.3) is 0 Å². The van der Waals surface area contributed by atoms with Gasteiger partial charge in [-0.15, -0.1) is 0 Å². The van der Waals surface area contributed by atoms with Gasteiger partial charge in [0.15, 0.2) is 0 Å². The minimum Gasteiger partial charge on any atom is -0.392 e. The number of amides is 1. The van der Waals surface area contributed by atoms with Crippen LogP contribution in [0, 0.1) is 5.92 Å². The molecule has 3 rings (SSSR count). The summed E-state index contributed by atoms with van der Waals surface area (Å²) >= 11 is 12.4. The lowest BCUT2D eigenvalue weighted by Gasteiger charge is -2.47. The molecular formula is C19H26Cl2N2O2. The van der Waals surface area contributed by atoms with E-state index in [2.05, 4.69) is 10.2 Å². The van der Waals surface area contributed by atoms with Crippen molar-refractivity contribution >= 4 is 29.1 Å². The number of nitrogens with zero attached hydrogens (tertiary/aromatic N) is 1. The van der Waals surface area contributed by atoms with Crippen LogP contribution in [0.4, 0.5) is 0 Å². The van der Waals surface area contributed by atoms with E-state index in [4.69, 9.17) is 23.2 Å². The number of benzene rings is 1. The maximum atomic E-state index is 13.3. The summed E-state index contributed by atoms with van der Waals surface area (Å²) in [6.45, 7) is 1.20. The topological polar surface area (TPSA) is 52.6 Å². The molecule has 2 aliphatic rings. The monoisotopic (exact) mass is 384 g/mol. The highest BCUT2D eigenvalue weighted by Gasteiger charge is 2.52. The predicted molar refractivity (Wildman–Crippen MR) is 101 cm³/mol. The zero-order chi connectivity index (χ0) is 18.0. The first kappa shape index (κ1) is 19.0. The molecule has 0 aromatic heterocycles. The number of rotatable bonds is 4. The molecule has 1 amide bonds. The zero-order valence-electron chi connectivity index (χ0n) is 14.6. The van der Waals surface area contributed by atoms with Crippen molar-refractivity contribution in [2.24, 2.45) is 5.92 Å². The van der Waals surface area contributed by atoms with Crippen LogP contribution in [-0.2, 0) is 10.3 Å². The molecule has 1 heterocycles. The number of aliphatic hydroxyl groups excluding tert-OH is 1. The lowest BCUT2D eigenvalue weighted by atomic mass is 9.69. The van der Waals surface area contributed by atoms with Gasteiger partial charge in [-0.25, -0.2) is 0 Å². The average Bonchev–Trinajstić information content (AvgIpc) is 3.06. The van der Waals surface area contributed by atoms with E-state index in [-0.39, 0.29) is 11.8 Å². The van der Waals surface area contributed by atoms with Crippen LogP contribution < -0.4 is 5.32 Å². The number of hydrogen-bond acceptors (Lipinski definition) is 3. The third kappa shape index (κ3) is 3.42. The molecule has 0 radical (unpaired) electrons. The molecule has 2 fully saturated rings. The Morgan fingerprint density at radius 3 is 2.48 bits per heavy atom. The Balaban J connectivity index is 2.15. The van der Waals surface area contributed by atoms with Gasteiger partial charge in [0.1, 0.15) is 5.54 Å². The van der Waals surface area contributed by atoms with Crippen LogP contribution in [-0.4, -0.2) is 42.2 Å². The highest BCUT2D eigenvalue weighted by Crippen LogP contribution is 2.46. The fourth-order valence-electron chi connectivity index (χ4n) is 4.64. The number of carbonyl (C=O) groups excluding carboxylic acids is 1. The Bertz CT molecular complexity index is 627. The molecule has 1 aliphatic heterocycles. The molecule has 6 heteroatoms. The van der Waals surface area contributed by atoms with Gasteiger partial charge in [-0.2, -0.15) is 0 Å². The number of halogens is 2. The molecule has 1 aromatic carbocycles. The molecule has 4 nitrogen and oxygen atoms in total. The highest BCUT2D eigenvalue weighted by atomic mass is 35.5. The summed E-state index contributed by atoms with van der Waals surface area (Å²) in [5.74, 6) is 0.177. The van der Waals surface area contributed by atoms with E-state index in [1.165, 1.54) is 6.42 Å². The molecule has 1 aliphatic carbocycles. The van der Waals surface area contributed by atoms with Crippen LogP contribution in [0.5, 0.6) is 0 Å². The molecule has 2 unspecified atom stereocenters. The van der Waals surface area contributed by atoms with Crippen molar-refractivity contribution in [3.63, 3.8) is 0 Å². The second kappa shape index (κ2) is 7.83. The van der Waals surface area contributed by atoms with E-state index in [0.29, 0.717) is 29.6 Å². The minimum absolute atomic E-state index is 0.0214. The van der Waals surface area contributed by atoms with Gasteiger partial charge < -0.3 is 10.4 Å². The van der Waals surface area contributed by atoms with Crippen LogP contribution in [0.25, 0.3) is 0 Å². The number of likely N-dealkylation sites (N-methyl/N-ethyl adjacent to an activating group) is 1. The summed E-state index contributed by atoms with van der Waals surface area (Å²) in [5, 5.41) is 14.0. The highest BCUT2D eigenvalue weighted by molar-refractivity contribution is 6.42. The first-order valence-corrected chi connectivity index (χ1v) is 9.86. The molecule has 1 aromatic rings. The van der Waals surface area contributed by atoms with Crippen molar-refractivity contribution in [1.29, 1.82) is 0 Å². The summed E-state index contributed by atoms with van der Waals surface area (Å²) in [6, 6.07) is 5.52. The van der Waals surface area contributed by atoms with Crippen molar-refractivity contribution in [2.45, 2.75) is 50.2 Å². The number of likely N-dealkylation sites (tertiary alicyclic amines) is 1.